The first kappa shape index (κ1) is 16.9. The fourth-order valence-corrected chi connectivity index (χ4v) is 3.53. The van der Waals surface area contributed by atoms with Crippen molar-refractivity contribution in [3.63, 3.8) is 0 Å². The van der Waals surface area contributed by atoms with Crippen molar-refractivity contribution in [3.8, 4) is 0 Å². The number of aromatic nitrogens is 3. The van der Waals surface area contributed by atoms with Crippen molar-refractivity contribution in [2.24, 2.45) is 5.92 Å². The smallest absolute Gasteiger partial charge is 0.255 e. The second-order valence-corrected chi connectivity index (χ2v) is 7.16. The molecule has 2 unspecified atom stereocenters. The summed E-state index contributed by atoms with van der Waals surface area (Å²) in [4.78, 5) is 19.1. The molecule has 1 saturated carbocycles. The van der Waals surface area contributed by atoms with Crippen molar-refractivity contribution in [3.05, 3.63) is 23.5 Å². The molecule has 1 N–H and O–H groups in total. The van der Waals surface area contributed by atoms with Gasteiger partial charge in [0.2, 0.25) is 0 Å². The normalized spacial score (nSPS) is 20.9. The highest BCUT2D eigenvalue weighted by molar-refractivity contribution is 5.98. The van der Waals surface area contributed by atoms with Gasteiger partial charge in [-0.3, -0.25) is 4.79 Å². The van der Waals surface area contributed by atoms with Gasteiger partial charge in [-0.2, -0.15) is 5.10 Å². The van der Waals surface area contributed by atoms with Crippen molar-refractivity contribution < 1.29 is 9.90 Å². The number of nitrogens with zero attached hydrogens (tertiary/aromatic N) is 4. The van der Waals surface area contributed by atoms with Gasteiger partial charge in [-0.1, -0.05) is 6.42 Å². The summed E-state index contributed by atoms with van der Waals surface area (Å²) in [6, 6.07) is 2.11. The van der Waals surface area contributed by atoms with E-state index in [1.165, 1.54) is 0 Å². The average Bonchev–Trinajstić information content (AvgIpc) is 3.12. The molecule has 2 aromatic rings. The van der Waals surface area contributed by atoms with Crippen LogP contribution in [0.15, 0.2) is 12.3 Å². The molecular weight excluding hydrogens is 304 g/mol. The zero-order chi connectivity index (χ0) is 17.4. The van der Waals surface area contributed by atoms with Gasteiger partial charge in [0.1, 0.15) is 0 Å². The second-order valence-electron chi connectivity index (χ2n) is 7.16. The highest BCUT2D eigenvalue weighted by Crippen LogP contribution is 2.27. The molecule has 1 amide bonds. The van der Waals surface area contributed by atoms with Crippen molar-refractivity contribution in [2.45, 2.75) is 52.2 Å². The van der Waals surface area contributed by atoms with E-state index in [9.17, 15) is 9.90 Å². The summed E-state index contributed by atoms with van der Waals surface area (Å²) in [7, 11) is 1.80. The first-order valence-electron chi connectivity index (χ1n) is 8.67. The van der Waals surface area contributed by atoms with Crippen molar-refractivity contribution in [1.29, 1.82) is 0 Å². The number of carbonyl (C=O) groups is 1. The molecule has 0 bridgehead atoms. The van der Waals surface area contributed by atoms with Crippen LogP contribution in [0, 0.1) is 12.8 Å². The Morgan fingerprint density at radius 1 is 1.46 bits per heavy atom. The third-order valence-electron chi connectivity index (χ3n) is 4.95. The SMILES string of the molecule is Cc1nc2c(cnn2C(C)C)cc1C(=O)N(C)CC1CCCC1O. The fourth-order valence-electron chi connectivity index (χ4n) is 3.53. The van der Waals surface area contributed by atoms with Crippen LogP contribution in [0.5, 0.6) is 0 Å². The fraction of sp³-hybridized carbons (Fsp3) is 0.611. The lowest BCUT2D eigenvalue weighted by atomic mass is 10.0. The molecule has 0 aromatic carbocycles. The number of aryl methyl sites for hydroxylation is 1. The second kappa shape index (κ2) is 6.51. The summed E-state index contributed by atoms with van der Waals surface area (Å²) in [5.74, 6) is 0.137. The molecule has 2 atom stereocenters. The van der Waals surface area contributed by atoms with E-state index in [4.69, 9.17) is 0 Å². The maximum Gasteiger partial charge on any atom is 0.255 e. The standard InChI is InChI=1S/C18H26N4O2/c1-11(2)22-17-14(9-19-22)8-15(12(3)20-17)18(24)21(4)10-13-6-5-7-16(13)23/h8-9,11,13,16,23H,5-7,10H2,1-4H3. The third kappa shape index (κ3) is 3.02. The first-order chi connectivity index (χ1) is 11.4. The maximum absolute atomic E-state index is 12.8. The van der Waals surface area contributed by atoms with Gasteiger partial charge in [0.25, 0.3) is 5.91 Å². The molecule has 0 aliphatic heterocycles. The molecule has 1 aliphatic rings. The largest absolute Gasteiger partial charge is 0.393 e. The lowest BCUT2D eigenvalue weighted by molar-refractivity contribution is 0.0692. The predicted octanol–water partition coefficient (Wildman–Crippen LogP) is 2.55. The quantitative estimate of drug-likeness (QED) is 0.935. The van der Waals surface area contributed by atoms with Crippen LogP contribution in [-0.4, -0.2) is 50.4 Å². The molecule has 130 valence electrons. The van der Waals surface area contributed by atoms with E-state index in [1.807, 2.05) is 17.7 Å². The van der Waals surface area contributed by atoms with Gasteiger partial charge in [-0.25, -0.2) is 9.67 Å². The van der Waals surface area contributed by atoms with Gasteiger partial charge < -0.3 is 10.0 Å². The van der Waals surface area contributed by atoms with Crippen molar-refractivity contribution in [1.82, 2.24) is 19.7 Å². The minimum atomic E-state index is -0.286. The third-order valence-corrected chi connectivity index (χ3v) is 4.95. The summed E-state index contributed by atoms with van der Waals surface area (Å²) < 4.78 is 1.87. The van der Waals surface area contributed by atoms with E-state index in [2.05, 4.69) is 23.9 Å². The Bertz CT molecular complexity index is 753. The van der Waals surface area contributed by atoms with E-state index in [0.717, 1.165) is 30.3 Å². The number of fused-ring (bicyclic) bond motifs is 1. The van der Waals surface area contributed by atoms with Crippen molar-refractivity contribution >= 4 is 16.9 Å². The number of hydrogen-bond acceptors (Lipinski definition) is 4. The van der Waals surface area contributed by atoms with Crippen LogP contribution in [-0.2, 0) is 0 Å². The Labute approximate surface area is 142 Å². The van der Waals surface area contributed by atoms with E-state index in [1.54, 1.807) is 18.1 Å². The number of aliphatic hydroxyl groups is 1. The summed E-state index contributed by atoms with van der Waals surface area (Å²) in [5.41, 5.74) is 2.14. The highest BCUT2D eigenvalue weighted by atomic mass is 16.3. The number of amides is 1. The minimum absolute atomic E-state index is 0.0432. The Kier molecular flexibility index (Phi) is 4.58. The summed E-state index contributed by atoms with van der Waals surface area (Å²) in [6.45, 7) is 6.57. The molecule has 2 aromatic heterocycles. The number of aliphatic hydroxyl groups excluding tert-OH is 1. The molecule has 24 heavy (non-hydrogen) atoms. The van der Waals surface area contributed by atoms with Crippen LogP contribution in [0.1, 0.15) is 55.2 Å². The summed E-state index contributed by atoms with van der Waals surface area (Å²) >= 11 is 0. The van der Waals surface area contributed by atoms with Crippen LogP contribution in [0.3, 0.4) is 0 Å². The predicted molar refractivity (Wildman–Crippen MR) is 93.0 cm³/mol. The van der Waals surface area contributed by atoms with Gasteiger partial charge in [0.15, 0.2) is 5.65 Å². The Morgan fingerprint density at radius 2 is 2.21 bits per heavy atom. The monoisotopic (exact) mass is 330 g/mol. The Hall–Kier alpha value is -1.95. The number of carbonyl (C=O) groups excluding carboxylic acids is 1. The topological polar surface area (TPSA) is 71.2 Å². The average molecular weight is 330 g/mol. The Morgan fingerprint density at radius 3 is 2.83 bits per heavy atom. The lowest BCUT2D eigenvalue weighted by Gasteiger charge is -2.23. The van der Waals surface area contributed by atoms with Gasteiger partial charge in [-0.05, 0) is 39.7 Å². The number of rotatable bonds is 4. The molecular formula is C18H26N4O2. The van der Waals surface area contributed by atoms with E-state index < -0.39 is 0 Å². The zero-order valence-corrected chi connectivity index (χ0v) is 14.9. The van der Waals surface area contributed by atoms with Crippen LogP contribution < -0.4 is 0 Å². The molecule has 6 heteroatoms. The molecule has 1 aliphatic carbocycles. The summed E-state index contributed by atoms with van der Waals surface area (Å²) in [5, 5.41) is 15.2. The molecule has 0 spiro atoms. The van der Waals surface area contributed by atoms with Gasteiger partial charge in [0.05, 0.1) is 23.6 Å². The number of pyridine rings is 1. The Balaban J connectivity index is 1.85. The van der Waals surface area contributed by atoms with Gasteiger partial charge in [-0.15, -0.1) is 0 Å². The molecule has 2 heterocycles. The van der Waals surface area contributed by atoms with E-state index in [0.29, 0.717) is 17.8 Å². The first-order valence-corrected chi connectivity index (χ1v) is 8.67. The molecule has 3 rings (SSSR count). The maximum atomic E-state index is 12.8. The van der Waals surface area contributed by atoms with E-state index in [-0.39, 0.29) is 24.0 Å². The molecule has 1 fully saturated rings. The molecule has 0 saturated heterocycles. The molecule has 6 nitrogen and oxygen atoms in total. The van der Waals surface area contributed by atoms with Crippen LogP contribution in [0.2, 0.25) is 0 Å². The molecule has 0 radical (unpaired) electrons. The minimum Gasteiger partial charge on any atom is -0.393 e. The summed E-state index contributed by atoms with van der Waals surface area (Å²) in [6.07, 6.45) is 4.34. The van der Waals surface area contributed by atoms with Gasteiger partial charge in [0, 0.05) is 30.9 Å². The van der Waals surface area contributed by atoms with Crippen molar-refractivity contribution in [2.75, 3.05) is 13.6 Å². The van der Waals surface area contributed by atoms with E-state index >= 15 is 0 Å². The van der Waals surface area contributed by atoms with Crippen LogP contribution in [0.25, 0.3) is 11.0 Å². The van der Waals surface area contributed by atoms with Gasteiger partial charge >= 0.3 is 0 Å². The zero-order valence-electron chi connectivity index (χ0n) is 14.9. The lowest BCUT2D eigenvalue weighted by Crippen LogP contribution is -2.35. The highest BCUT2D eigenvalue weighted by Gasteiger charge is 2.28. The van der Waals surface area contributed by atoms with Crippen LogP contribution in [0.4, 0.5) is 0 Å². The number of hydrogen-bond donors (Lipinski definition) is 1. The van der Waals surface area contributed by atoms with Crippen LogP contribution >= 0.6 is 0 Å².